The van der Waals surface area contributed by atoms with Crippen molar-refractivity contribution in [1.82, 2.24) is 0 Å². The molecule has 1 N–H and O–H groups in total. The number of aliphatic hydroxyl groups is 1. The lowest BCUT2D eigenvalue weighted by molar-refractivity contribution is -0.152. The molecule has 0 amide bonds. The largest absolute Gasteiger partial charge is 0.462 e. The quantitative estimate of drug-likeness (QED) is 0.569. The molecule has 0 spiro atoms. The Morgan fingerprint density at radius 2 is 1.88 bits per heavy atom. The van der Waals surface area contributed by atoms with Gasteiger partial charge in [0.1, 0.15) is 24.1 Å². The standard InChI is InChI=1S/C25H24O7/c26-19(25-29-14-16-8-4-5-9-20(16)32-25)11-10-17-18-12-23(27)30-22(18)13-21(17)31-24(28)15-6-2-1-3-7-15/h1-11,17-19,21-22,25-26H,12-14H2/b11-10+/t17-,18-,19-,21-,22+,25?/m1/s1. The molecule has 1 saturated carbocycles. The predicted octanol–water partition coefficient (Wildman–Crippen LogP) is 3.02. The van der Waals surface area contributed by atoms with Gasteiger partial charge in [0.05, 0.1) is 18.6 Å². The molecule has 2 heterocycles. The fourth-order valence-electron chi connectivity index (χ4n) is 4.64. The topological polar surface area (TPSA) is 91.3 Å². The summed E-state index contributed by atoms with van der Waals surface area (Å²) in [5, 5.41) is 10.7. The third kappa shape index (κ3) is 4.13. The van der Waals surface area contributed by atoms with Gasteiger partial charge in [-0.25, -0.2) is 4.79 Å². The molecule has 1 unspecified atom stereocenters. The molecule has 0 radical (unpaired) electrons. The van der Waals surface area contributed by atoms with E-state index in [1.807, 2.05) is 30.3 Å². The van der Waals surface area contributed by atoms with Crippen LogP contribution >= 0.6 is 0 Å². The lowest BCUT2D eigenvalue weighted by atomic mass is 9.91. The minimum atomic E-state index is -1.02. The Kier molecular flexibility index (Phi) is 5.68. The van der Waals surface area contributed by atoms with Crippen LogP contribution in [0.3, 0.4) is 0 Å². The van der Waals surface area contributed by atoms with Gasteiger partial charge in [-0.3, -0.25) is 4.79 Å². The lowest BCUT2D eigenvalue weighted by Gasteiger charge is -2.28. The molecule has 1 aliphatic carbocycles. The normalized spacial score (nSPS) is 29.7. The molecule has 2 aromatic carbocycles. The van der Waals surface area contributed by atoms with Crippen molar-refractivity contribution in [2.45, 2.75) is 44.1 Å². The summed E-state index contributed by atoms with van der Waals surface area (Å²) in [5.41, 5.74) is 1.39. The fraction of sp³-hybridized carbons (Fsp3) is 0.360. The molecule has 3 aliphatic rings. The van der Waals surface area contributed by atoms with E-state index in [4.69, 9.17) is 18.9 Å². The summed E-state index contributed by atoms with van der Waals surface area (Å²) in [5.74, 6) is -0.349. The summed E-state index contributed by atoms with van der Waals surface area (Å²) in [6, 6.07) is 16.3. The first kappa shape index (κ1) is 20.7. The number of fused-ring (bicyclic) bond motifs is 2. The minimum Gasteiger partial charge on any atom is -0.462 e. The average molecular weight is 436 g/mol. The number of carbonyl (C=O) groups excluding carboxylic acids is 2. The van der Waals surface area contributed by atoms with Crippen LogP contribution in [0.15, 0.2) is 66.7 Å². The first-order valence-corrected chi connectivity index (χ1v) is 10.8. The molecule has 32 heavy (non-hydrogen) atoms. The van der Waals surface area contributed by atoms with Crippen LogP contribution < -0.4 is 4.74 Å². The van der Waals surface area contributed by atoms with E-state index in [0.717, 1.165) is 5.56 Å². The van der Waals surface area contributed by atoms with Gasteiger partial charge in [-0.2, -0.15) is 0 Å². The fourth-order valence-corrected chi connectivity index (χ4v) is 4.64. The van der Waals surface area contributed by atoms with Crippen LogP contribution in [0.5, 0.6) is 5.75 Å². The number of aliphatic hydroxyl groups excluding tert-OH is 1. The number of rotatable bonds is 5. The van der Waals surface area contributed by atoms with E-state index < -0.39 is 24.5 Å². The van der Waals surface area contributed by atoms with Crippen molar-refractivity contribution in [2.75, 3.05) is 0 Å². The average Bonchev–Trinajstić information content (AvgIpc) is 3.33. The predicted molar refractivity (Wildman–Crippen MR) is 113 cm³/mol. The lowest BCUT2D eigenvalue weighted by Crippen LogP contribution is -2.36. The third-order valence-corrected chi connectivity index (χ3v) is 6.25. The van der Waals surface area contributed by atoms with Crippen molar-refractivity contribution >= 4 is 11.9 Å². The van der Waals surface area contributed by atoms with Gasteiger partial charge in [0.2, 0.25) is 6.29 Å². The number of hydrogen-bond acceptors (Lipinski definition) is 7. The highest BCUT2D eigenvalue weighted by molar-refractivity contribution is 5.89. The van der Waals surface area contributed by atoms with Gasteiger partial charge in [-0.05, 0) is 18.2 Å². The van der Waals surface area contributed by atoms with Crippen LogP contribution in [-0.2, 0) is 25.6 Å². The highest BCUT2D eigenvalue weighted by Gasteiger charge is 2.50. The summed E-state index contributed by atoms with van der Waals surface area (Å²) in [6.45, 7) is 0.347. The van der Waals surface area contributed by atoms with Crippen LogP contribution in [0.25, 0.3) is 0 Å². The second-order valence-corrected chi connectivity index (χ2v) is 8.30. The molecule has 6 atom stereocenters. The second-order valence-electron chi connectivity index (χ2n) is 8.30. The number of para-hydroxylation sites is 1. The van der Waals surface area contributed by atoms with Crippen molar-refractivity contribution < 1.29 is 33.6 Å². The van der Waals surface area contributed by atoms with Crippen LogP contribution in [0.1, 0.15) is 28.8 Å². The Hall–Kier alpha value is -3.16. The van der Waals surface area contributed by atoms with E-state index >= 15 is 0 Å². The molecule has 1 saturated heterocycles. The second kappa shape index (κ2) is 8.76. The molecule has 7 heteroatoms. The van der Waals surface area contributed by atoms with Gasteiger partial charge in [-0.15, -0.1) is 0 Å². The van der Waals surface area contributed by atoms with Gasteiger partial charge in [0, 0.05) is 23.8 Å². The maximum atomic E-state index is 12.6. The molecular formula is C25H24O7. The van der Waals surface area contributed by atoms with Gasteiger partial charge >= 0.3 is 11.9 Å². The molecule has 2 aromatic rings. The first-order valence-electron chi connectivity index (χ1n) is 10.8. The summed E-state index contributed by atoms with van der Waals surface area (Å²) >= 11 is 0. The highest BCUT2D eigenvalue weighted by atomic mass is 16.7. The van der Waals surface area contributed by atoms with Gasteiger partial charge in [-0.1, -0.05) is 48.6 Å². The van der Waals surface area contributed by atoms with E-state index in [1.165, 1.54) is 0 Å². The van der Waals surface area contributed by atoms with Gasteiger partial charge < -0.3 is 24.1 Å². The van der Waals surface area contributed by atoms with E-state index in [2.05, 4.69) is 0 Å². The van der Waals surface area contributed by atoms with Crippen molar-refractivity contribution in [2.24, 2.45) is 11.8 Å². The molecule has 166 valence electrons. The van der Waals surface area contributed by atoms with Crippen molar-refractivity contribution in [3.05, 3.63) is 77.9 Å². The molecule has 0 bridgehead atoms. The Morgan fingerprint density at radius 1 is 1.09 bits per heavy atom. The summed E-state index contributed by atoms with van der Waals surface area (Å²) < 4.78 is 22.6. The van der Waals surface area contributed by atoms with Crippen molar-refractivity contribution in [3.63, 3.8) is 0 Å². The molecule has 2 aliphatic heterocycles. The Balaban J connectivity index is 1.29. The summed E-state index contributed by atoms with van der Waals surface area (Å²) in [7, 11) is 0. The first-order chi connectivity index (χ1) is 15.6. The summed E-state index contributed by atoms with van der Waals surface area (Å²) in [6.07, 6.45) is 1.48. The zero-order valence-corrected chi connectivity index (χ0v) is 17.3. The maximum absolute atomic E-state index is 12.6. The van der Waals surface area contributed by atoms with Crippen LogP contribution in [0.2, 0.25) is 0 Å². The van der Waals surface area contributed by atoms with Crippen LogP contribution in [0.4, 0.5) is 0 Å². The molecule has 2 fully saturated rings. The van der Waals surface area contributed by atoms with E-state index in [-0.39, 0.29) is 30.3 Å². The smallest absolute Gasteiger partial charge is 0.338 e. The van der Waals surface area contributed by atoms with Crippen molar-refractivity contribution in [3.8, 4) is 5.75 Å². The zero-order valence-electron chi connectivity index (χ0n) is 17.3. The SMILES string of the molecule is O=C1C[C@@H]2[C@@H](/C=C/[C@@H](O)C3OCc4ccccc4O3)[C@H](OC(=O)c3ccccc3)C[C@@H]2O1. The monoisotopic (exact) mass is 436 g/mol. The summed E-state index contributed by atoms with van der Waals surface area (Å²) in [4.78, 5) is 24.4. The number of benzene rings is 2. The van der Waals surface area contributed by atoms with E-state index in [9.17, 15) is 14.7 Å². The Morgan fingerprint density at radius 3 is 2.72 bits per heavy atom. The van der Waals surface area contributed by atoms with Crippen LogP contribution in [-0.4, -0.2) is 41.6 Å². The van der Waals surface area contributed by atoms with E-state index in [1.54, 1.807) is 36.4 Å². The number of ether oxygens (including phenoxy) is 4. The highest BCUT2D eigenvalue weighted by Crippen LogP contribution is 2.44. The molecule has 5 rings (SSSR count). The zero-order chi connectivity index (χ0) is 22.1. The van der Waals surface area contributed by atoms with E-state index in [0.29, 0.717) is 24.3 Å². The van der Waals surface area contributed by atoms with Crippen molar-refractivity contribution in [1.29, 1.82) is 0 Å². The van der Waals surface area contributed by atoms with Gasteiger partial charge in [0.15, 0.2) is 0 Å². The third-order valence-electron chi connectivity index (χ3n) is 6.25. The minimum absolute atomic E-state index is 0.103. The number of hydrogen-bond donors (Lipinski definition) is 1. The maximum Gasteiger partial charge on any atom is 0.338 e. The van der Waals surface area contributed by atoms with Crippen LogP contribution in [0, 0.1) is 11.8 Å². The number of carbonyl (C=O) groups is 2. The molecule has 7 nitrogen and oxygen atoms in total. The van der Waals surface area contributed by atoms with Gasteiger partial charge in [0.25, 0.3) is 0 Å². The Labute approximate surface area is 185 Å². The molecular weight excluding hydrogens is 412 g/mol. The Bertz CT molecular complexity index is 1020. The number of esters is 2. The molecule has 0 aromatic heterocycles.